The molecule has 0 bridgehead atoms. The second-order valence-electron chi connectivity index (χ2n) is 6.08. The Morgan fingerprint density at radius 3 is 2.62 bits per heavy atom. The number of hydrogen-bond acceptors (Lipinski definition) is 6. The van der Waals surface area contributed by atoms with Crippen LogP contribution in [0.15, 0.2) is 57.9 Å². The molecule has 1 heterocycles. The van der Waals surface area contributed by atoms with Crippen molar-refractivity contribution in [2.75, 3.05) is 5.32 Å². The normalized spacial score (nSPS) is 16.2. The number of amides is 2. The molecule has 7 nitrogen and oxygen atoms in total. The fourth-order valence-corrected chi connectivity index (χ4v) is 4.43. The van der Waals surface area contributed by atoms with Crippen LogP contribution in [0, 0.1) is 10.1 Å². The molecule has 0 aliphatic carbocycles. The van der Waals surface area contributed by atoms with Crippen molar-refractivity contribution in [2.45, 2.75) is 13.0 Å². The molecule has 0 aromatic heterocycles. The van der Waals surface area contributed by atoms with Gasteiger partial charge in [-0.05, 0) is 42.8 Å². The molecule has 2 aromatic rings. The summed E-state index contributed by atoms with van der Waals surface area (Å²) in [4.78, 5) is 37.3. The zero-order valence-corrected chi connectivity index (χ0v) is 18.2. The number of benzene rings is 2. The van der Waals surface area contributed by atoms with E-state index < -0.39 is 16.9 Å². The minimum atomic E-state index is -0.842. The molecule has 29 heavy (non-hydrogen) atoms. The van der Waals surface area contributed by atoms with Crippen molar-refractivity contribution >= 4 is 73.5 Å². The standard InChI is InChI=1S/C19H14BrN3O4S2/c1-11(17(24)21-14-5-7-15(8-6-14)23(26)27)22-18(25)16(29-19(22)28)10-12-3-2-4-13(20)9-12/h2-11H,1H3,(H,21,24)/b16-10-. The Hall–Kier alpha value is -2.56. The number of anilines is 1. The summed E-state index contributed by atoms with van der Waals surface area (Å²) in [6.07, 6.45) is 1.73. The maximum atomic E-state index is 12.8. The molecule has 10 heteroatoms. The molecule has 1 saturated heterocycles. The van der Waals surface area contributed by atoms with E-state index in [9.17, 15) is 19.7 Å². The molecule has 1 aliphatic heterocycles. The van der Waals surface area contributed by atoms with Crippen LogP contribution < -0.4 is 5.32 Å². The number of nitro benzene ring substituents is 1. The number of hydrogen-bond donors (Lipinski definition) is 1. The van der Waals surface area contributed by atoms with Crippen molar-refractivity contribution in [1.29, 1.82) is 0 Å². The number of nitrogens with zero attached hydrogens (tertiary/aromatic N) is 2. The third-order valence-corrected chi connectivity index (χ3v) is 5.91. The van der Waals surface area contributed by atoms with Gasteiger partial charge >= 0.3 is 0 Å². The first-order valence-corrected chi connectivity index (χ1v) is 10.4. The van der Waals surface area contributed by atoms with Gasteiger partial charge in [0.1, 0.15) is 10.4 Å². The van der Waals surface area contributed by atoms with Crippen molar-refractivity contribution in [3.05, 3.63) is 73.6 Å². The van der Waals surface area contributed by atoms with Gasteiger partial charge in [-0.25, -0.2) is 0 Å². The van der Waals surface area contributed by atoms with Crippen LogP contribution in [0.3, 0.4) is 0 Å². The van der Waals surface area contributed by atoms with Gasteiger partial charge in [-0.15, -0.1) is 0 Å². The number of nitro groups is 1. The van der Waals surface area contributed by atoms with Gasteiger partial charge in [0, 0.05) is 22.3 Å². The number of carbonyl (C=O) groups is 2. The molecule has 1 N–H and O–H groups in total. The number of carbonyl (C=O) groups excluding carboxylic acids is 2. The Labute approximate surface area is 184 Å². The van der Waals surface area contributed by atoms with Crippen LogP contribution in [0.4, 0.5) is 11.4 Å². The lowest BCUT2D eigenvalue weighted by Gasteiger charge is -2.22. The van der Waals surface area contributed by atoms with Gasteiger partial charge in [0.05, 0.1) is 9.83 Å². The van der Waals surface area contributed by atoms with Crippen LogP contribution in [0.1, 0.15) is 12.5 Å². The Kier molecular flexibility index (Phi) is 6.46. The minimum Gasteiger partial charge on any atom is -0.324 e. The topological polar surface area (TPSA) is 92.5 Å². The van der Waals surface area contributed by atoms with E-state index in [1.54, 1.807) is 13.0 Å². The molecule has 3 rings (SSSR count). The highest BCUT2D eigenvalue weighted by Crippen LogP contribution is 2.34. The van der Waals surface area contributed by atoms with Crippen molar-refractivity contribution in [3.8, 4) is 0 Å². The van der Waals surface area contributed by atoms with Gasteiger partial charge in [-0.3, -0.25) is 24.6 Å². The summed E-state index contributed by atoms with van der Waals surface area (Å²) in [5.74, 6) is -0.787. The Bertz CT molecular complexity index is 1040. The lowest BCUT2D eigenvalue weighted by atomic mass is 10.2. The van der Waals surface area contributed by atoms with E-state index in [4.69, 9.17) is 12.2 Å². The number of halogens is 1. The smallest absolute Gasteiger partial charge is 0.269 e. The molecule has 1 unspecified atom stereocenters. The maximum absolute atomic E-state index is 12.8. The summed E-state index contributed by atoms with van der Waals surface area (Å²) in [5.41, 5.74) is 1.15. The van der Waals surface area contributed by atoms with Gasteiger partial charge in [-0.2, -0.15) is 0 Å². The highest BCUT2D eigenvalue weighted by Gasteiger charge is 2.38. The molecular formula is C19H14BrN3O4S2. The zero-order chi connectivity index (χ0) is 21.1. The molecule has 1 aliphatic rings. The number of non-ortho nitro benzene ring substituents is 1. The largest absolute Gasteiger partial charge is 0.324 e. The molecule has 1 atom stereocenters. The predicted octanol–water partition coefficient (Wildman–Crippen LogP) is 4.59. The molecular weight excluding hydrogens is 478 g/mol. The van der Waals surface area contributed by atoms with Gasteiger partial charge in [0.15, 0.2) is 0 Å². The van der Waals surface area contributed by atoms with Crippen LogP contribution >= 0.6 is 39.9 Å². The SMILES string of the molecule is CC(C(=O)Nc1ccc([N+](=O)[O-])cc1)N1C(=O)/C(=C/c2cccc(Br)c2)SC1=S. The maximum Gasteiger partial charge on any atom is 0.269 e. The van der Waals surface area contributed by atoms with E-state index in [1.807, 2.05) is 24.3 Å². The van der Waals surface area contributed by atoms with Crippen LogP contribution in [0.25, 0.3) is 6.08 Å². The highest BCUT2D eigenvalue weighted by molar-refractivity contribution is 9.10. The summed E-state index contributed by atoms with van der Waals surface area (Å²) in [6.45, 7) is 1.58. The molecule has 0 saturated carbocycles. The number of thioether (sulfide) groups is 1. The van der Waals surface area contributed by atoms with Crippen molar-refractivity contribution in [2.24, 2.45) is 0 Å². The molecule has 1 fully saturated rings. The second-order valence-corrected chi connectivity index (χ2v) is 8.67. The predicted molar refractivity (Wildman–Crippen MR) is 120 cm³/mol. The Morgan fingerprint density at radius 2 is 2.00 bits per heavy atom. The van der Waals surface area contributed by atoms with Gasteiger partial charge in [-0.1, -0.05) is 52.0 Å². The van der Waals surface area contributed by atoms with E-state index in [1.165, 1.54) is 29.2 Å². The molecule has 2 amide bonds. The van der Waals surface area contributed by atoms with Crippen molar-refractivity contribution < 1.29 is 14.5 Å². The molecule has 148 valence electrons. The van der Waals surface area contributed by atoms with Crippen LogP contribution in [-0.2, 0) is 9.59 Å². The van der Waals surface area contributed by atoms with E-state index >= 15 is 0 Å². The highest BCUT2D eigenvalue weighted by atomic mass is 79.9. The van der Waals surface area contributed by atoms with E-state index in [-0.39, 0.29) is 11.6 Å². The monoisotopic (exact) mass is 491 g/mol. The lowest BCUT2D eigenvalue weighted by molar-refractivity contribution is -0.384. The third kappa shape index (κ3) is 4.89. The number of thiocarbonyl (C=S) groups is 1. The Balaban J connectivity index is 1.73. The van der Waals surface area contributed by atoms with E-state index in [0.29, 0.717) is 14.9 Å². The fraction of sp³-hybridized carbons (Fsp3) is 0.105. The summed E-state index contributed by atoms with van der Waals surface area (Å²) in [7, 11) is 0. The average molecular weight is 492 g/mol. The van der Waals surface area contributed by atoms with Gasteiger partial charge in [0.2, 0.25) is 5.91 Å². The van der Waals surface area contributed by atoms with E-state index in [0.717, 1.165) is 21.8 Å². The van der Waals surface area contributed by atoms with Crippen molar-refractivity contribution in [3.63, 3.8) is 0 Å². The quantitative estimate of drug-likeness (QED) is 0.284. The molecule has 0 radical (unpaired) electrons. The second kappa shape index (κ2) is 8.85. The summed E-state index contributed by atoms with van der Waals surface area (Å²) in [6, 6.07) is 12.1. The average Bonchev–Trinajstić information content (AvgIpc) is 2.94. The summed E-state index contributed by atoms with van der Waals surface area (Å²) >= 11 is 9.83. The van der Waals surface area contributed by atoms with Crippen molar-refractivity contribution in [1.82, 2.24) is 4.90 Å². The lowest BCUT2D eigenvalue weighted by Crippen LogP contribution is -2.44. The minimum absolute atomic E-state index is 0.0781. The zero-order valence-electron chi connectivity index (χ0n) is 15.0. The fourth-order valence-electron chi connectivity index (χ4n) is 2.59. The first-order chi connectivity index (χ1) is 13.8. The molecule has 0 spiro atoms. The van der Waals surface area contributed by atoms with Crippen LogP contribution in [-0.4, -0.2) is 32.0 Å². The first kappa shape index (κ1) is 21.2. The van der Waals surface area contributed by atoms with Gasteiger partial charge in [0.25, 0.3) is 11.6 Å². The number of rotatable bonds is 5. The number of nitrogens with one attached hydrogen (secondary N) is 1. The van der Waals surface area contributed by atoms with E-state index in [2.05, 4.69) is 21.2 Å². The third-order valence-electron chi connectivity index (χ3n) is 4.08. The summed E-state index contributed by atoms with van der Waals surface area (Å²) < 4.78 is 1.18. The first-order valence-electron chi connectivity index (χ1n) is 8.34. The van der Waals surface area contributed by atoms with Gasteiger partial charge < -0.3 is 5.32 Å². The van der Waals surface area contributed by atoms with Crippen LogP contribution in [0.2, 0.25) is 0 Å². The summed E-state index contributed by atoms with van der Waals surface area (Å²) in [5, 5.41) is 13.4. The Morgan fingerprint density at radius 1 is 1.31 bits per heavy atom. The van der Waals surface area contributed by atoms with Crippen LogP contribution in [0.5, 0.6) is 0 Å². The molecule has 2 aromatic carbocycles.